The average Bonchev–Trinajstić information content (AvgIpc) is 2.13. The summed E-state index contributed by atoms with van der Waals surface area (Å²) in [5, 5.41) is 17.2. The molecule has 0 atom stereocenters. The zero-order valence-corrected chi connectivity index (χ0v) is 8.53. The second-order valence-corrected chi connectivity index (χ2v) is 3.38. The van der Waals surface area contributed by atoms with Crippen LogP contribution in [0.3, 0.4) is 0 Å². The summed E-state index contributed by atoms with van der Waals surface area (Å²) in [6, 6.07) is 0.905. The van der Waals surface area contributed by atoms with Gasteiger partial charge in [0, 0.05) is 0 Å². The number of halogens is 4. The number of aliphatic carboxylic acids is 2. The largest absolute Gasteiger partial charge is 0.480 e. The fraction of sp³-hybridized carbons (Fsp3) is 0.200. The van der Waals surface area contributed by atoms with Gasteiger partial charge in [-0.25, -0.2) is 4.39 Å². The lowest BCUT2D eigenvalue weighted by molar-refractivity contribution is -0.150. The van der Waals surface area contributed by atoms with E-state index in [4.69, 9.17) is 10.2 Å². The van der Waals surface area contributed by atoms with Gasteiger partial charge < -0.3 is 10.2 Å². The third-order valence-electron chi connectivity index (χ3n) is 2.07. The molecule has 0 aliphatic rings. The van der Waals surface area contributed by atoms with E-state index < -0.39 is 41.0 Å². The molecule has 4 nitrogen and oxygen atoms in total. The van der Waals surface area contributed by atoms with Crippen molar-refractivity contribution >= 4 is 11.9 Å². The zero-order valence-electron chi connectivity index (χ0n) is 8.53. The molecule has 0 aliphatic carbocycles. The molecule has 1 aromatic carbocycles. The summed E-state index contributed by atoms with van der Waals surface area (Å²) < 4.78 is 50.0. The maximum Gasteiger partial charge on any atom is 0.416 e. The molecule has 1 aromatic rings. The van der Waals surface area contributed by atoms with Crippen LogP contribution >= 0.6 is 0 Å². The van der Waals surface area contributed by atoms with Gasteiger partial charge in [0.1, 0.15) is 5.82 Å². The topological polar surface area (TPSA) is 74.6 Å². The molecule has 0 saturated carbocycles. The van der Waals surface area contributed by atoms with Crippen LogP contribution in [0.5, 0.6) is 0 Å². The number of benzene rings is 1. The molecule has 8 heteroatoms. The lowest BCUT2D eigenvalue weighted by Crippen LogP contribution is -2.22. The van der Waals surface area contributed by atoms with Gasteiger partial charge in [-0.2, -0.15) is 13.2 Å². The van der Waals surface area contributed by atoms with Gasteiger partial charge in [0.05, 0.1) is 5.56 Å². The van der Waals surface area contributed by atoms with Crippen LogP contribution in [0, 0.1) is 5.82 Å². The Balaban J connectivity index is 3.37. The second kappa shape index (κ2) is 4.63. The van der Waals surface area contributed by atoms with Crippen LogP contribution in [-0.4, -0.2) is 22.2 Å². The van der Waals surface area contributed by atoms with E-state index in [1.807, 2.05) is 0 Å². The number of carboxylic acid groups (broad SMARTS) is 2. The molecule has 0 spiro atoms. The van der Waals surface area contributed by atoms with E-state index in [-0.39, 0.29) is 6.07 Å². The van der Waals surface area contributed by atoms with Crippen molar-refractivity contribution in [2.24, 2.45) is 0 Å². The van der Waals surface area contributed by atoms with E-state index in [2.05, 4.69) is 0 Å². The third kappa shape index (κ3) is 2.96. The number of hydrogen-bond donors (Lipinski definition) is 2. The minimum absolute atomic E-state index is 0.157. The minimum Gasteiger partial charge on any atom is -0.480 e. The summed E-state index contributed by atoms with van der Waals surface area (Å²) in [5.41, 5.74) is -2.22. The van der Waals surface area contributed by atoms with Crippen molar-refractivity contribution in [1.29, 1.82) is 0 Å². The minimum atomic E-state index is -4.89. The van der Waals surface area contributed by atoms with Gasteiger partial charge in [-0.1, -0.05) is 0 Å². The highest BCUT2D eigenvalue weighted by Crippen LogP contribution is 2.32. The second-order valence-electron chi connectivity index (χ2n) is 3.38. The Kier molecular flexibility index (Phi) is 3.59. The van der Waals surface area contributed by atoms with E-state index in [0.29, 0.717) is 12.1 Å². The van der Waals surface area contributed by atoms with E-state index in [1.165, 1.54) is 0 Å². The monoisotopic (exact) mass is 266 g/mol. The summed E-state index contributed by atoms with van der Waals surface area (Å²) in [7, 11) is 0. The first-order valence-corrected chi connectivity index (χ1v) is 4.46. The fourth-order valence-corrected chi connectivity index (χ4v) is 1.33. The van der Waals surface area contributed by atoms with Crippen LogP contribution in [0.2, 0.25) is 0 Å². The molecule has 18 heavy (non-hydrogen) atoms. The molecule has 0 radical (unpaired) electrons. The number of carbonyl (C=O) groups is 2. The van der Waals surface area contributed by atoms with Crippen molar-refractivity contribution in [3.05, 3.63) is 35.1 Å². The smallest absolute Gasteiger partial charge is 0.416 e. The summed E-state index contributed by atoms with van der Waals surface area (Å²) in [6.07, 6.45) is -4.89. The SMILES string of the molecule is O=C(O)C(C(=O)O)c1cc(F)cc(C(F)(F)F)c1. The van der Waals surface area contributed by atoms with E-state index in [0.717, 1.165) is 0 Å². The molecule has 0 bridgehead atoms. The first kappa shape index (κ1) is 13.9. The van der Waals surface area contributed by atoms with Crippen molar-refractivity contribution < 1.29 is 37.4 Å². The Morgan fingerprint density at radius 2 is 1.56 bits per heavy atom. The van der Waals surface area contributed by atoms with Crippen LogP contribution in [0.15, 0.2) is 18.2 Å². The zero-order chi connectivity index (χ0) is 14.1. The van der Waals surface area contributed by atoms with Gasteiger partial charge >= 0.3 is 18.1 Å². The van der Waals surface area contributed by atoms with Crippen molar-refractivity contribution in [3.63, 3.8) is 0 Å². The highest BCUT2D eigenvalue weighted by molar-refractivity contribution is 5.99. The maximum absolute atomic E-state index is 13.0. The number of carboxylic acids is 2. The van der Waals surface area contributed by atoms with Crippen LogP contribution in [0.25, 0.3) is 0 Å². The van der Waals surface area contributed by atoms with Crippen molar-refractivity contribution in [1.82, 2.24) is 0 Å². The first-order valence-electron chi connectivity index (χ1n) is 4.46. The van der Waals surface area contributed by atoms with Gasteiger partial charge in [0.2, 0.25) is 0 Å². The Morgan fingerprint density at radius 1 is 1.06 bits per heavy atom. The van der Waals surface area contributed by atoms with Gasteiger partial charge in [0.15, 0.2) is 5.92 Å². The molecule has 0 unspecified atom stereocenters. The average molecular weight is 266 g/mol. The molecule has 0 heterocycles. The maximum atomic E-state index is 13.0. The summed E-state index contributed by atoms with van der Waals surface area (Å²) in [4.78, 5) is 21.3. The van der Waals surface area contributed by atoms with Crippen LogP contribution < -0.4 is 0 Å². The molecular weight excluding hydrogens is 260 g/mol. The lowest BCUT2D eigenvalue weighted by atomic mass is 9.97. The van der Waals surface area contributed by atoms with Crippen molar-refractivity contribution in [2.45, 2.75) is 12.1 Å². The summed E-state index contributed by atoms with van der Waals surface area (Å²) in [5.74, 6) is -7.35. The summed E-state index contributed by atoms with van der Waals surface area (Å²) in [6.45, 7) is 0. The predicted molar refractivity (Wildman–Crippen MR) is 49.4 cm³/mol. The molecule has 1 rings (SSSR count). The Labute approximate surface area is 97.5 Å². The van der Waals surface area contributed by atoms with Gasteiger partial charge in [-0.15, -0.1) is 0 Å². The molecule has 0 aliphatic heterocycles. The highest BCUT2D eigenvalue weighted by Gasteiger charge is 2.34. The predicted octanol–water partition coefficient (Wildman–Crippen LogP) is 2.10. The standard InChI is InChI=1S/C10H6F4O4/c11-6-2-4(7(8(15)16)9(17)18)1-5(3-6)10(12,13)14/h1-3,7H,(H,15,16)(H,17,18). The molecule has 0 aromatic heterocycles. The van der Waals surface area contributed by atoms with Crippen LogP contribution in [-0.2, 0) is 15.8 Å². The quantitative estimate of drug-likeness (QED) is 0.649. The molecule has 98 valence electrons. The number of alkyl halides is 3. The Morgan fingerprint density at radius 3 is 1.94 bits per heavy atom. The Hall–Kier alpha value is -2.12. The van der Waals surface area contributed by atoms with E-state index in [9.17, 15) is 27.2 Å². The highest BCUT2D eigenvalue weighted by atomic mass is 19.4. The molecule has 0 amide bonds. The van der Waals surface area contributed by atoms with E-state index in [1.54, 1.807) is 0 Å². The van der Waals surface area contributed by atoms with Crippen LogP contribution in [0.4, 0.5) is 17.6 Å². The fourth-order valence-electron chi connectivity index (χ4n) is 1.33. The number of hydrogen-bond acceptors (Lipinski definition) is 2. The lowest BCUT2D eigenvalue weighted by Gasteiger charge is -2.12. The van der Waals surface area contributed by atoms with Crippen LogP contribution in [0.1, 0.15) is 17.0 Å². The normalized spacial score (nSPS) is 11.6. The van der Waals surface area contributed by atoms with Gasteiger partial charge in [-0.3, -0.25) is 9.59 Å². The molecular formula is C10H6F4O4. The summed E-state index contributed by atoms with van der Waals surface area (Å²) >= 11 is 0. The van der Waals surface area contributed by atoms with Gasteiger partial charge in [0.25, 0.3) is 0 Å². The number of rotatable bonds is 3. The third-order valence-corrected chi connectivity index (χ3v) is 2.07. The van der Waals surface area contributed by atoms with Crippen molar-refractivity contribution in [2.75, 3.05) is 0 Å². The molecule has 0 fully saturated rings. The van der Waals surface area contributed by atoms with E-state index >= 15 is 0 Å². The van der Waals surface area contributed by atoms with Gasteiger partial charge in [-0.05, 0) is 23.8 Å². The van der Waals surface area contributed by atoms with Crippen molar-refractivity contribution in [3.8, 4) is 0 Å². The first-order chi connectivity index (χ1) is 8.12. The molecule has 2 N–H and O–H groups in total. The molecule has 0 saturated heterocycles. The Bertz CT molecular complexity index is 481.